The van der Waals surface area contributed by atoms with Crippen molar-refractivity contribution in [1.29, 1.82) is 0 Å². The summed E-state index contributed by atoms with van der Waals surface area (Å²) in [6.45, 7) is 0. The zero-order valence-corrected chi connectivity index (χ0v) is 14.0. The van der Waals surface area contributed by atoms with Gasteiger partial charge in [-0.3, -0.25) is 4.57 Å². The van der Waals surface area contributed by atoms with Crippen LogP contribution in [-0.2, 0) is 10.7 Å². The van der Waals surface area contributed by atoms with Gasteiger partial charge in [0.25, 0.3) is 0 Å². The molecule has 0 amide bonds. The van der Waals surface area contributed by atoms with Gasteiger partial charge in [-0.25, -0.2) is 9.37 Å². The molecule has 2 N–H and O–H groups in total. The summed E-state index contributed by atoms with van der Waals surface area (Å²) in [4.78, 5) is 26.2. The van der Waals surface area contributed by atoms with E-state index in [2.05, 4.69) is 9.97 Å². The second-order valence-corrected chi connectivity index (χ2v) is 6.87. The number of benzene rings is 1. The van der Waals surface area contributed by atoms with Crippen LogP contribution in [0.5, 0.6) is 17.4 Å². The van der Waals surface area contributed by atoms with E-state index in [1.165, 1.54) is 25.4 Å². The van der Waals surface area contributed by atoms with Gasteiger partial charge in [0, 0.05) is 12.3 Å². The quantitative estimate of drug-likeness (QED) is 0.670. The highest BCUT2D eigenvalue weighted by molar-refractivity contribution is 7.50. The number of hydrogen-bond acceptors (Lipinski definition) is 5. The van der Waals surface area contributed by atoms with Crippen LogP contribution < -0.4 is 9.47 Å². The lowest BCUT2D eigenvalue weighted by atomic mass is 10.2. The van der Waals surface area contributed by atoms with Crippen LogP contribution in [-0.4, -0.2) is 26.9 Å². The van der Waals surface area contributed by atoms with Gasteiger partial charge in [-0.2, -0.15) is 4.98 Å². The Bertz CT molecular complexity index is 976. The van der Waals surface area contributed by atoms with E-state index in [0.717, 1.165) is 6.07 Å². The number of methoxy groups -OCH3 is 1. The fourth-order valence-corrected chi connectivity index (χ4v) is 2.94. The molecule has 2 aromatic heterocycles. The lowest BCUT2D eigenvalue weighted by Crippen LogP contribution is -1.95. The van der Waals surface area contributed by atoms with Gasteiger partial charge in [0.15, 0.2) is 17.2 Å². The predicted molar refractivity (Wildman–Crippen MR) is 88.3 cm³/mol. The van der Waals surface area contributed by atoms with Crippen LogP contribution in [0.15, 0.2) is 42.6 Å². The van der Waals surface area contributed by atoms with Gasteiger partial charge < -0.3 is 19.3 Å². The zero-order valence-electron chi connectivity index (χ0n) is 13.1. The highest BCUT2D eigenvalue weighted by Gasteiger charge is 2.16. The molecule has 0 atom stereocenters. The first-order valence-electron chi connectivity index (χ1n) is 7.16. The molecule has 3 aromatic rings. The van der Waals surface area contributed by atoms with Crippen LogP contribution in [0.3, 0.4) is 0 Å². The van der Waals surface area contributed by atoms with Crippen molar-refractivity contribution in [1.82, 2.24) is 9.97 Å². The Morgan fingerprint density at radius 2 is 1.96 bits per heavy atom. The summed E-state index contributed by atoms with van der Waals surface area (Å²) >= 11 is 0. The van der Waals surface area contributed by atoms with Crippen LogP contribution in [0.1, 0.15) is 5.56 Å². The van der Waals surface area contributed by atoms with Crippen LogP contribution in [0.25, 0.3) is 11.0 Å². The number of ether oxygens (including phenoxy) is 2. The maximum Gasteiger partial charge on any atom is 0.329 e. The van der Waals surface area contributed by atoms with Crippen molar-refractivity contribution in [3.05, 3.63) is 54.0 Å². The minimum atomic E-state index is -4.27. The number of nitrogens with zero attached hydrogens (tertiary/aromatic N) is 2. The number of aromatic nitrogens is 2. The first-order chi connectivity index (χ1) is 11.9. The van der Waals surface area contributed by atoms with Crippen LogP contribution >= 0.6 is 7.60 Å². The Balaban J connectivity index is 1.92. The number of pyridine rings is 2. The van der Waals surface area contributed by atoms with Gasteiger partial charge in [0.2, 0.25) is 5.88 Å². The Morgan fingerprint density at radius 3 is 2.64 bits per heavy atom. The molecular formula is C16H14FN2O5P. The summed E-state index contributed by atoms with van der Waals surface area (Å²) in [5.74, 6) is -0.0536. The molecule has 0 aliphatic rings. The first kappa shape index (κ1) is 17.3. The minimum absolute atomic E-state index is 0.0715. The topological polar surface area (TPSA) is 102 Å². The number of halogens is 1. The van der Waals surface area contributed by atoms with E-state index in [1.807, 2.05) is 0 Å². The smallest absolute Gasteiger partial charge is 0.329 e. The van der Waals surface area contributed by atoms with Crippen LogP contribution in [0, 0.1) is 5.82 Å². The fourth-order valence-electron chi connectivity index (χ4n) is 2.27. The van der Waals surface area contributed by atoms with E-state index in [1.54, 1.807) is 18.2 Å². The van der Waals surface area contributed by atoms with Crippen LogP contribution in [0.2, 0.25) is 0 Å². The van der Waals surface area contributed by atoms with Crippen molar-refractivity contribution in [3.63, 3.8) is 0 Å². The summed E-state index contributed by atoms with van der Waals surface area (Å²) in [7, 11) is -2.78. The second-order valence-electron chi connectivity index (χ2n) is 5.22. The molecular weight excluding hydrogens is 350 g/mol. The molecule has 0 saturated carbocycles. The van der Waals surface area contributed by atoms with Gasteiger partial charge in [-0.15, -0.1) is 0 Å². The Kier molecular flexibility index (Phi) is 4.67. The first-order valence-corrected chi connectivity index (χ1v) is 8.96. The van der Waals surface area contributed by atoms with Gasteiger partial charge in [0.1, 0.15) is 5.75 Å². The van der Waals surface area contributed by atoms with Crippen LogP contribution in [0.4, 0.5) is 4.39 Å². The SMILES string of the molecule is COc1ccc2c(Oc3ccc(CP(=O)(O)O)cc3F)ccnc2n1. The maximum absolute atomic E-state index is 14.2. The monoisotopic (exact) mass is 364 g/mol. The second kappa shape index (κ2) is 6.76. The summed E-state index contributed by atoms with van der Waals surface area (Å²) in [5.41, 5.74) is 0.569. The highest BCUT2D eigenvalue weighted by Crippen LogP contribution is 2.40. The summed E-state index contributed by atoms with van der Waals surface area (Å²) in [5, 5.41) is 0.571. The standard InChI is InChI=1S/C16H14FN2O5P/c1-23-15-5-3-11-13(6-7-18-16(11)19-15)24-14-4-2-10(8-12(14)17)9-25(20,21)22/h2-8H,9H2,1H3,(H2,20,21,22). The number of hydrogen-bond donors (Lipinski definition) is 2. The molecule has 0 bridgehead atoms. The van der Waals surface area contributed by atoms with Gasteiger partial charge in [0.05, 0.1) is 18.7 Å². The molecule has 0 unspecified atom stereocenters. The molecule has 0 radical (unpaired) electrons. The van der Waals surface area contributed by atoms with Crippen molar-refractivity contribution >= 4 is 18.6 Å². The third-order valence-electron chi connectivity index (χ3n) is 3.35. The van der Waals surface area contributed by atoms with Crippen molar-refractivity contribution < 1.29 is 28.2 Å². The summed E-state index contributed by atoms with van der Waals surface area (Å²) in [6.07, 6.45) is 0.941. The van der Waals surface area contributed by atoms with E-state index in [4.69, 9.17) is 19.3 Å². The number of rotatable bonds is 5. The lowest BCUT2D eigenvalue weighted by Gasteiger charge is -2.11. The zero-order chi connectivity index (χ0) is 18.0. The Labute approximate surface area is 142 Å². The summed E-state index contributed by atoms with van der Waals surface area (Å²) < 4.78 is 35.8. The largest absolute Gasteiger partial charge is 0.481 e. The molecule has 0 fully saturated rings. The van der Waals surface area contributed by atoms with E-state index >= 15 is 0 Å². The Morgan fingerprint density at radius 1 is 1.16 bits per heavy atom. The fraction of sp³-hybridized carbons (Fsp3) is 0.125. The Hall–Kier alpha value is -2.54. The van der Waals surface area contributed by atoms with E-state index in [0.29, 0.717) is 22.7 Å². The average Bonchev–Trinajstić information content (AvgIpc) is 2.55. The van der Waals surface area contributed by atoms with Gasteiger partial charge in [-0.05, 0) is 29.8 Å². The van der Waals surface area contributed by atoms with Crippen molar-refractivity contribution in [2.24, 2.45) is 0 Å². The van der Waals surface area contributed by atoms with E-state index in [9.17, 15) is 8.96 Å². The molecule has 0 aliphatic carbocycles. The highest BCUT2D eigenvalue weighted by atomic mass is 31.2. The third kappa shape index (κ3) is 4.11. The van der Waals surface area contributed by atoms with Crippen molar-refractivity contribution in [2.75, 3.05) is 7.11 Å². The molecule has 0 spiro atoms. The summed E-state index contributed by atoms with van der Waals surface area (Å²) in [6, 6.07) is 8.67. The normalized spacial score (nSPS) is 11.5. The van der Waals surface area contributed by atoms with E-state index < -0.39 is 19.6 Å². The molecule has 1 aromatic carbocycles. The molecule has 0 aliphatic heterocycles. The molecule has 130 valence electrons. The molecule has 2 heterocycles. The lowest BCUT2D eigenvalue weighted by molar-refractivity contribution is 0.371. The molecule has 3 rings (SSSR count). The minimum Gasteiger partial charge on any atom is -0.481 e. The van der Waals surface area contributed by atoms with Crippen molar-refractivity contribution in [2.45, 2.75) is 6.16 Å². The molecule has 25 heavy (non-hydrogen) atoms. The average molecular weight is 364 g/mol. The molecule has 0 saturated heterocycles. The molecule has 7 nitrogen and oxygen atoms in total. The van der Waals surface area contributed by atoms with Gasteiger partial charge in [-0.1, -0.05) is 6.07 Å². The third-order valence-corrected chi connectivity index (χ3v) is 4.13. The van der Waals surface area contributed by atoms with E-state index in [-0.39, 0.29) is 11.3 Å². The van der Waals surface area contributed by atoms with Gasteiger partial charge >= 0.3 is 7.60 Å². The maximum atomic E-state index is 14.2. The predicted octanol–water partition coefficient (Wildman–Crippen LogP) is 3.25. The molecule has 9 heteroatoms. The number of fused-ring (bicyclic) bond motifs is 1. The van der Waals surface area contributed by atoms with Crippen molar-refractivity contribution in [3.8, 4) is 17.4 Å².